The quantitative estimate of drug-likeness (QED) is 0.0236. The normalized spacial score (nSPS) is 16.0. The second kappa shape index (κ2) is 45.3. The van der Waals surface area contributed by atoms with E-state index in [4.69, 9.17) is 34.0 Å². The summed E-state index contributed by atoms with van der Waals surface area (Å²) in [4.78, 5) is 104. The summed E-state index contributed by atoms with van der Waals surface area (Å²) in [5.41, 5.74) is 0. The Morgan fingerprint density at radius 3 is 1.76 bits per heavy atom. The van der Waals surface area contributed by atoms with Crippen LogP contribution >= 0.6 is 12.6 Å². The molecule has 1 aliphatic rings. The molecule has 1 aliphatic carbocycles. The molecule has 0 aromatic rings. The van der Waals surface area contributed by atoms with Crippen molar-refractivity contribution in [2.45, 2.75) is 148 Å². The lowest BCUT2D eigenvalue weighted by Crippen LogP contribution is -2.42. The summed E-state index contributed by atoms with van der Waals surface area (Å²) in [7, 11) is 0. The van der Waals surface area contributed by atoms with Crippen molar-refractivity contribution in [3.8, 4) is 0 Å². The Labute approximate surface area is 424 Å². The van der Waals surface area contributed by atoms with Crippen LogP contribution in [0.5, 0.6) is 0 Å². The van der Waals surface area contributed by atoms with Gasteiger partial charge in [0.1, 0.15) is 19.3 Å². The van der Waals surface area contributed by atoms with Crippen LogP contribution in [0.4, 0.5) is 0 Å². The second-order valence-corrected chi connectivity index (χ2v) is 17.7. The maximum absolute atomic E-state index is 12.8. The van der Waals surface area contributed by atoms with Gasteiger partial charge < -0.3 is 71.3 Å². The van der Waals surface area contributed by atoms with Crippen LogP contribution in [0.1, 0.15) is 125 Å². The van der Waals surface area contributed by atoms with Crippen molar-refractivity contribution in [3.05, 3.63) is 0 Å². The maximum Gasteiger partial charge on any atom is 0.326 e. The number of unbranched alkanes of at least 4 members (excludes halogenated alkanes) is 1. The molecule has 0 radical (unpaired) electrons. The number of amides is 6. The van der Waals surface area contributed by atoms with Crippen LogP contribution in [0.25, 0.3) is 0 Å². The van der Waals surface area contributed by atoms with E-state index >= 15 is 0 Å². The fraction of sp³-hybridized carbons (Fsp3) is 0.809. The zero-order chi connectivity index (χ0) is 53.8. The van der Waals surface area contributed by atoms with Crippen molar-refractivity contribution in [2.24, 2.45) is 17.8 Å². The van der Waals surface area contributed by atoms with Crippen LogP contribution in [-0.4, -0.2) is 177 Å². The van der Waals surface area contributed by atoms with Crippen molar-refractivity contribution in [1.29, 1.82) is 0 Å². The highest BCUT2D eigenvalue weighted by atomic mass is 32.1. The van der Waals surface area contributed by atoms with E-state index in [0.717, 1.165) is 25.7 Å². The third-order valence-corrected chi connectivity index (χ3v) is 11.1. The number of carbonyl (C=O) groups excluding carboxylic acids is 6. The van der Waals surface area contributed by atoms with Gasteiger partial charge >= 0.3 is 11.9 Å². The molecule has 5 atom stereocenters. The number of nitrogens with one attached hydrogen (secondary N) is 6. The molecule has 0 spiro atoms. The Morgan fingerprint density at radius 1 is 0.662 bits per heavy atom. The number of aliphatic carboxylic acids is 2. The van der Waals surface area contributed by atoms with E-state index in [1.807, 2.05) is 27.7 Å². The van der Waals surface area contributed by atoms with Crippen molar-refractivity contribution in [2.75, 3.05) is 79.0 Å². The van der Waals surface area contributed by atoms with Gasteiger partial charge in [0.25, 0.3) is 6.47 Å². The molecule has 1 rings (SSSR count). The number of ether oxygens (including phenoxy) is 4. The lowest BCUT2D eigenvalue weighted by molar-refractivity contribution is -0.143. The molecule has 0 aromatic carbocycles. The minimum absolute atomic E-state index is 0.0158. The summed E-state index contributed by atoms with van der Waals surface area (Å²) in [5.74, 6) is -3.40. The van der Waals surface area contributed by atoms with E-state index in [1.165, 1.54) is 0 Å². The Balaban J connectivity index is 0. The molecule has 0 bridgehead atoms. The standard InChI is InChI=1S/C44H78N6O15S.C2H6.CH2O2/c1-4-34(51)25-38(53)45-14-6-5-7-36(44(60)61)50-41(56)29-65-22-20-63-18-16-47-40(55)28-64-21-19-62-17-15-46-37(52)13-8-31(3)49-43(59)33-11-9-32(10-12-33)27-48-39(54)26-35(66)23-30(2)24-42(57)58;1-2;2-1-3/h30-36,51,66H,4-29H2,1-3H3,(H,45,53)(H,46,52)(H,47,55)(H,48,54)(H,49,59)(H,50,56)(H,57,58)(H,60,61);1-2H3;1H,(H,2,3). The van der Waals surface area contributed by atoms with Crippen LogP contribution in [0.15, 0.2) is 0 Å². The lowest BCUT2D eigenvalue weighted by atomic mass is 9.81. The number of carboxylic acid groups (broad SMARTS) is 3. The first kappa shape index (κ1) is 68.5. The van der Waals surface area contributed by atoms with Gasteiger partial charge in [-0.3, -0.25) is 38.4 Å². The van der Waals surface area contributed by atoms with Crippen molar-refractivity contribution < 1.29 is 82.5 Å². The fourth-order valence-electron chi connectivity index (χ4n) is 6.94. The summed E-state index contributed by atoms with van der Waals surface area (Å²) >= 11 is 4.45. The number of rotatable bonds is 39. The minimum atomic E-state index is -1.18. The first-order valence-electron chi connectivity index (χ1n) is 24.8. The summed E-state index contributed by atoms with van der Waals surface area (Å²) < 4.78 is 21.3. The molecule has 1 fully saturated rings. The smallest absolute Gasteiger partial charge is 0.326 e. The largest absolute Gasteiger partial charge is 0.483 e. The Morgan fingerprint density at radius 2 is 1.20 bits per heavy atom. The van der Waals surface area contributed by atoms with E-state index in [-0.39, 0.29) is 151 Å². The molecule has 24 heteroatoms. The first-order valence-corrected chi connectivity index (χ1v) is 25.3. The van der Waals surface area contributed by atoms with Crippen LogP contribution in [0.3, 0.4) is 0 Å². The molecule has 23 nitrogen and oxygen atoms in total. The average Bonchev–Trinajstić information content (AvgIpc) is 3.31. The fourth-order valence-corrected chi connectivity index (χ4v) is 7.47. The lowest BCUT2D eigenvalue weighted by Gasteiger charge is -2.29. The number of aliphatic hydroxyl groups is 1. The van der Waals surface area contributed by atoms with E-state index < -0.39 is 30.0 Å². The van der Waals surface area contributed by atoms with Crippen LogP contribution < -0.4 is 31.9 Å². The zero-order valence-corrected chi connectivity index (χ0v) is 43.4. The van der Waals surface area contributed by atoms with E-state index in [1.54, 1.807) is 6.92 Å². The van der Waals surface area contributed by atoms with Crippen molar-refractivity contribution in [1.82, 2.24) is 31.9 Å². The number of hydrogen-bond acceptors (Lipinski definition) is 15. The molecular weight excluding hydrogens is 953 g/mol. The van der Waals surface area contributed by atoms with Gasteiger partial charge in [-0.2, -0.15) is 12.6 Å². The molecule has 5 unspecified atom stereocenters. The molecule has 412 valence electrons. The SMILES string of the molecule is CC.CCC(O)CC(=O)NCCCCC(NC(=O)COCCOCCNC(=O)COCCOCCNC(=O)CCC(C)NC(=O)C1CCC(CNC(=O)CC(S)CC(C)CC(=O)O)CC1)C(=O)O.O=CO. The highest BCUT2D eigenvalue weighted by Crippen LogP contribution is 2.29. The van der Waals surface area contributed by atoms with Gasteiger partial charge in [0, 0.05) is 62.7 Å². The second-order valence-electron chi connectivity index (χ2n) is 17.0. The molecule has 1 saturated carbocycles. The van der Waals surface area contributed by atoms with Gasteiger partial charge in [-0.25, -0.2) is 4.79 Å². The van der Waals surface area contributed by atoms with Gasteiger partial charge in [0.2, 0.25) is 35.4 Å². The summed E-state index contributed by atoms with van der Waals surface area (Å²) in [6.07, 6.45) is 5.60. The first-order chi connectivity index (χ1) is 33.9. The third-order valence-electron chi connectivity index (χ3n) is 10.7. The molecule has 10 N–H and O–H groups in total. The van der Waals surface area contributed by atoms with Gasteiger partial charge in [-0.15, -0.1) is 0 Å². The topological polar surface area (TPSA) is 344 Å². The molecule has 6 amide bonds. The van der Waals surface area contributed by atoms with E-state index in [0.29, 0.717) is 57.7 Å². The van der Waals surface area contributed by atoms with Crippen molar-refractivity contribution in [3.63, 3.8) is 0 Å². The number of hydrogen-bond donors (Lipinski definition) is 11. The number of thiol groups is 1. The van der Waals surface area contributed by atoms with Gasteiger partial charge in [0.05, 0.1) is 52.2 Å². The predicted molar refractivity (Wildman–Crippen MR) is 265 cm³/mol. The highest BCUT2D eigenvalue weighted by Gasteiger charge is 2.28. The minimum Gasteiger partial charge on any atom is -0.483 e. The number of aliphatic hydroxyl groups excluding tert-OH is 1. The molecule has 0 aromatic heterocycles. The van der Waals surface area contributed by atoms with Crippen LogP contribution in [0.2, 0.25) is 0 Å². The van der Waals surface area contributed by atoms with Gasteiger partial charge in [-0.05, 0) is 83.0 Å². The summed E-state index contributed by atoms with van der Waals surface area (Å²) in [6, 6.07) is -1.27. The maximum atomic E-state index is 12.8. The summed E-state index contributed by atoms with van der Waals surface area (Å²) in [6.45, 7) is 11.2. The van der Waals surface area contributed by atoms with E-state index in [9.17, 15) is 48.6 Å². The average molecular weight is 1040 g/mol. The molecular formula is C47H86N6O17S. The molecule has 71 heavy (non-hydrogen) atoms. The van der Waals surface area contributed by atoms with Crippen molar-refractivity contribution >= 4 is 66.5 Å². The van der Waals surface area contributed by atoms with Crippen LogP contribution in [0, 0.1) is 17.8 Å². The monoisotopic (exact) mass is 1040 g/mol. The number of carbonyl (C=O) groups is 9. The summed E-state index contributed by atoms with van der Waals surface area (Å²) in [5, 5.41) is 51.0. The Kier molecular flexibility index (Phi) is 43.6. The number of carboxylic acids is 2. The van der Waals surface area contributed by atoms with Gasteiger partial charge in [0.15, 0.2) is 0 Å². The third kappa shape index (κ3) is 41.7. The predicted octanol–water partition coefficient (Wildman–Crippen LogP) is 1.43. The Bertz CT molecular complexity index is 1510. The molecule has 0 saturated heterocycles. The zero-order valence-electron chi connectivity index (χ0n) is 42.5. The molecule has 0 heterocycles. The molecule has 0 aliphatic heterocycles. The highest BCUT2D eigenvalue weighted by molar-refractivity contribution is 7.81. The van der Waals surface area contributed by atoms with E-state index in [2.05, 4.69) is 44.5 Å². The van der Waals surface area contributed by atoms with Gasteiger partial charge in [-0.1, -0.05) is 27.7 Å². The Hall–Kier alpha value is -4.62. The van der Waals surface area contributed by atoms with Crippen LogP contribution in [-0.2, 0) is 62.1 Å².